The first kappa shape index (κ1) is 12.9. The molecule has 3 N–H and O–H groups in total. The number of aryl methyl sites for hydroxylation is 1. The van der Waals surface area contributed by atoms with E-state index in [9.17, 15) is 9.18 Å². The van der Waals surface area contributed by atoms with Crippen LogP contribution in [0, 0.1) is 5.82 Å². The van der Waals surface area contributed by atoms with Crippen LogP contribution in [0.1, 0.15) is 39.7 Å². The minimum absolute atomic E-state index is 0.0747. The van der Waals surface area contributed by atoms with Crippen molar-refractivity contribution in [3.8, 4) is 0 Å². The lowest BCUT2D eigenvalue weighted by Gasteiger charge is -2.13. The molecule has 0 saturated heterocycles. The molecule has 1 heterocycles. The average molecular weight is 274 g/mol. The number of hydrogen-bond acceptors (Lipinski definition) is 3. The second kappa shape index (κ2) is 5.09. The van der Waals surface area contributed by atoms with Crippen molar-refractivity contribution in [2.45, 2.75) is 25.4 Å². The Kier molecular flexibility index (Phi) is 3.28. The molecule has 4 nitrogen and oxygen atoms in total. The number of halogens is 1. The van der Waals surface area contributed by atoms with Crippen LogP contribution in [0.3, 0.4) is 0 Å². The van der Waals surface area contributed by atoms with E-state index in [0.29, 0.717) is 11.3 Å². The van der Waals surface area contributed by atoms with Crippen molar-refractivity contribution in [2.75, 3.05) is 0 Å². The molecule has 20 heavy (non-hydrogen) atoms. The van der Waals surface area contributed by atoms with E-state index in [2.05, 4.69) is 5.32 Å². The van der Waals surface area contributed by atoms with Gasteiger partial charge in [0.15, 0.2) is 0 Å². The molecule has 0 aliphatic heterocycles. The van der Waals surface area contributed by atoms with E-state index < -0.39 is 0 Å². The minimum atomic E-state index is -0.238. The highest BCUT2D eigenvalue weighted by Gasteiger charge is 2.25. The molecule has 0 radical (unpaired) electrons. The molecule has 1 aliphatic rings. The van der Waals surface area contributed by atoms with Gasteiger partial charge in [0.05, 0.1) is 18.2 Å². The zero-order valence-electron chi connectivity index (χ0n) is 10.9. The van der Waals surface area contributed by atoms with Crippen LogP contribution in [0.25, 0.3) is 0 Å². The maximum absolute atomic E-state index is 13.1. The number of nitrogens with one attached hydrogen (secondary N) is 1. The Bertz CT molecular complexity index is 651. The Morgan fingerprint density at radius 3 is 3.05 bits per heavy atom. The molecule has 1 aliphatic carbocycles. The van der Waals surface area contributed by atoms with Crippen LogP contribution < -0.4 is 11.1 Å². The molecule has 1 atom stereocenters. The van der Waals surface area contributed by atoms with Gasteiger partial charge in [-0.1, -0.05) is 6.07 Å². The van der Waals surface area contributed by atoms with Gasteiger partial charge in [-0.2, -0.15) is 0 Å². The molecule has 1 amide bonds. The number of benzene rings is 1. The van der Waals surface area contributed by atoms with E-state index in [0.717, 1.165) is 24.0 Å². The van der Waals surface area contributed by atoms with E-state index in [4.69, 9.17) is 10.2 Å². The van der Waals surface area contributed by atoms with Crippen LogP contribution >= 0.6 is 0 Å². The van der Waals surface area contributed by atoms with E-state index >= 15 is 0 Å². The Labute approximate surface area is 115 Å². The summed E-state index contributed by atoms with van der Waals surface area (Å²) in [4.78, 5) is 12.1. The monoisotopic (exact) mass is 274 g/mol. The van der Waals surface area contributed by atoms with Crippen molar-refractivity contribution in [3.63, 3.8) is 0 Å². The molecular weight excluding hydrogens is 259 g/mol. The number of carbonyl (C=O) groups is 1. The molecule has 5 heteroatoms. The lowest BCUT2D eigenvalue weighted by Crippen LogP contribution is -2.26. The van der Waals surface area contributed by atoms with Gasteiger partial charge in [-0.3, -0.25) is 4.79 Å². The van der Waals surface area contributed by atoms with Crippen molar-refractivity contribution in [2.24, 2.45) is 5.73 Å². The molecule has 1 unspecified atom stereocenters. The molecule has 2 aromatic rings. The molecule has 104 valence electrons. The van der Waals surface area contributed by atoms with Gasteiger partial charge in [0.1, 0.15) is 17.8 Å². The van der Waals surface area contributed by atoms with E-state index in [1.807, 2.05) is 0 Å². The standard InChI is InChI=1S/C15H15FN2O2/c16-11-2-3-13-9(5-11)1-4-14(13)18-15(19)10-6-12(7-17)20-8-10/h2-3,5-6,8,14H,1,4,7,17H2,(H,18,19). The maximum Gasteiger partial charge on any atom is 0.255 e. The molecule has 3 rings (SSSR count). The van der Waals surface area contributed by atoms with E-state index in [-0.39, 0.29) is 24.3 Å². The fourth-order valence-corrected chi connectivity index (χ4v) is 2.58. The summed E-state index contributed by atoms with van der Waals surface area (Å²) in [5.41, 5.74) is 7.85. The maximum atomic E-state index is 13.1. The topological polar surface area (TPSA) is 68.3 Å². The highest BCUT2D eigenvalue weighted by atomic mass is 19.1. The summed E-state index contributed by atoms with van der Waals surface area (Å²) < 4.78 is 18.3. The molecule has 0 fully saturated rings. The first-order valence-corrected chi connectivity index (χ1v) is 6.54. The van der Waals surface area contributed by atoms with Gasteiger partial charge in [0.2, 0.25) is 0 Å². The zero-order chi connectivity index (χ0) is 14.1. The minimum Gasteiger partial charge on any atom is -0.467 e. The lowest BCUT2D eigenvalue weighted by atomic mass is 10.1. The van der Waals surface area contributed by atoms with Crippen molar-refractivity contribution < 1.29 is 13.6 Å². The molecule has 1 aromatic carbocycles. The second-order valence-corrected chi connectivity index (χ2v) is 4.91. The summed E-state index contributed by atoms with van der Waals surface area (Å²) in [7, 11) is 0. The van der Waals surface area contributed by atoms with E-state index in [1.165, 1.54) is 18.4 Å². The number of carbonyl (C=O) groups excluding carboxylic acids is 1. The Morgan fingerprint density at radius 1 is 1.45 bits per heavy atom. The van der Waals surface area contributed by atoms with Crippen LogP contribution in [0.2, 0.25) is 0 Å². The van der Waals surface area contributed by atoms with Gasteiger partial charge < -0.3 is 15.5 Å². The number of rotatable bonds is 3. The number of amides is 1. The lowest BCUT2D eigenvalue weighted by molar-refractivity contribution is 0.0936. The highest BCUT2D eigenvalue weighted by Crippen LogP contribution is 2.31. The molecule has 0 saturated carbocycles. The molecular formula is C15H15FN2O2. The summed E-state index contributed by atoms with van der Waals surface area (Å²) >= 11 is 0. The number of hydrogen-bond donors (Lipinski definition) is 2. The van der Waals surface area contributed by atoms with Crippen LogP contribution in [0.15, 0.2) is 34.9 Å². The van der Waals surface area contributed by atoms with Crippen LogP contribution in [0.5, 0.6) is 0 Å². The van der Waals surface area contributed by atoms with Gasteiger partial charge in [0.25, 0.3) is 5.91 Å². The quantitative estimate of drug-likeness (QED) is 0.902. The molecule has 1 aromatic heterocycles. The van der Waals surface area contributed by atoms with Crippen molar-refractivity contribution >= 4 is 5.91 Å². The highest BCUT2D eigenvalue weighted by molar-refractivity contribution is 5.94. The normalized spacial score (nSPS) is 17.0. The first-order valence-electron chi connectivity index (χ1n) is 6.54. The third-order valence-electron chi connectivity index (χ3n) is 3.61. The second-order valence-electron chi connectivity index (χ2n) is 4.91. The van der Waals surface area contributed by atoms with Crippen molar-refractivity contribution in [1.29, 1.82) is 0 Å². The van der Waals surface area contributed by atoms with Gasteiger partial charge >= 0.3 is 0 Å². The summed E-state index contributed by atoms with van der Waals surface area (Å²) in [6, 6.07) is 6.26. The van der Waals surface area contributed by atoms with Gasteiger partial charge in [0, 0.05) is 0 Å². The largest absolute Gasteiger partial charge is 0.467 e. The van der Waals surface area contributed by atoms with E-state index in [1.54, 1.807) is 12.1 Å². The van der Waals surface area contributed by atoms with Crippen LogP contribution in [-0.4, -0.2) is 5.91 Å². The number of nitrogens with two attached hydrogens (primary N) is 1. The molecule has 0 bridgehead atoms. The smallest absolute Gasteiger partial charge is 0.255 e. The summed E-state index contributed by atoms with van der Waals surface area (Å²) in [5.74, 6) is 0.137. The average Bonchev–Trinajstić information content (AvgIpc) is 3.05. The van der Waals surface area contributed by atoms with Gasteiger partial charge in [-0.15, -0.1) is 0 Å². The van der Waals surface area contributed by atoms with Gasteiger partial charge in [-0.25, -0.2) is 4.39 Å². The van der Waals surface area contributed by atoms with Crippen molar-refractivity contribution in [3.05, 3.63) is 58.8 Å². The predicted molar refractivity (Wildman–Crippen MR) is 71.5 cm³/mol. The fraction of sp³-hybridized carbons (Fsp3) is 0.267. The third kappa shape index (κ3) is 2.32. The Morgan fingerprint density at radius 2 is 2.30 bits per heavy atom. The summed E-state index contributed by atoms with van der Waals surface area (Å²) in [5, 5.41) is 2.95. The zero-order valence-corrected chi connectivity index (χ0v) is 10.9. The Balaban J connectivity index is 1.75. The van der Waals surface area contributed by atoms with Crippen LogP contribution in [0.4, 0.5) is 4.39 Å². The van der Waals surface area contributed by atoms with Gasteiger partial charge in [-0.05, 0) is 42.2 Å². The predicted octanol–water partition coefficient (Wildman–Crippen LogP) is 2.29. The summed E-state index contributed by atoms with van der Waals surface area (Å²) in [6.45, 7) is 0.263. The summed E-state index contributed by atoms with van der Waals surface area (Å²) in [6.07, 6.45) is 2.96. The van der Waals surface area contributed by atoms with Crippen molar-refractivity contribution in [1.82, 2.24) is 5.32 Å². The third-order valence-corrected chi connectivity index (χ3v) is 3.61. The fourth-order valence-electron chi connectivity index (χ4n) is 2.58. The van der Waals surface area contributed by atoms with Crippen LogP contribution in [-0.2, 0) is 13.0 Å². The number of fused-ring (bicyclic) bond motifs is 1. The first-order chi connectivity index (χ1) is 9.67. The SMILES string of the molecule is NCc1cc(C(=O)NC2CCc3cc(F)ccc32)co1. The number of furan rings is 1. The Hall–Kier alpha value is -2.14. The molecule has 0 spiro atoms.